The molecular weight excluding hydrogens is 186 g/mol. The Morgan fingerprint density at radius 1 is 1.08 bits per heavy atom. The molecule has 0 saturated heterocycles. The highest BCUT2D eigenvalue weighted by molar-refractivity contribution is 6.17. The molecule has 0 aliphatic rings. The molecule has 1 N–H and O–H groups in total. The van der Waals surface area contributed by atoms with Gasteiger partial charge in [-0.1, -0.05) is 19.8 Å². The third-order valence-corrected chi connectivity index (χ3v) is 1.98. The molecule has 13 heavy (non-hydrogen) atoms. The molecule has 0 bridgehead atoms. The first-order chi connectivity index (χ1) is 6.41. The van der Waals surface area contributed by atoms with E-state index < -0.39 is 0 Å². The van der Waals surface area contributed by atoms with Crippen LogP contribution in [0.15, 0.2) is 0 Å². The fourth-order valence-corrected chi connectivity index (χ4v) is 1.19. The van der Waals surface area contributed by atoms with Crippen molar-refractivity contribution in [1.82, 2.24) is 5.32 Å². The molecule has 0 aliphatic heterocycles. The number of nitrogens with one attached hydrogen (secondary N) is 1. The van der Waals surface area contributed by atoms with Gasteiger partial charge in [0.15, 0.2) is 0 Å². The molecule has 0 amide bonds. The first-order valence-electron chi connectivity index (χ1n) is 5.26. The van der Waals surface area contributed by atoms with E-state index in [0.29, 0.717) is 12.5 Å². The summed E-state index contributed by atoms with van der Waals surface area (Å²) in [5, 5.41) is 3.38. The average molecular weight is 208 g/mol. The van der Waals surface area contributed by atoms with Crippen LogP contribution in [0.4, 0.5) is 0 Å². The molecule has 0 aromatic heterocycles. The maximum Gasteiger partial charge on any atom is 0.0601 e. The second kappa shape index (κ2) is 12.2. The van der Waals surface area contributed by atoms with Crippen LogP contribution in [0.1, 0.15) is 32.6 Å². The molecule has 3 heteroatoms. The number of unbranched alkanes of at least 4 members (excludes halogenated alkanes) is 2. The summed E-state index contributed by atoms with van der Waals surface area (Å²) in [4.78, 5) is 0. The van der Waals surface area contributed by atoms with E-state index in [9.17, 15) is 0 Å². The highest BCUT2D eigenvalue weighted by Crippen LogP contribution is 1.91. The van der Waals surface area contributed by atoms with Crippen molar-refractivity contribution in [3.63, 3.8) is 0 Å². The normalized spacial score (nSPS) is 10.6. The second-order valence-electron chi connectivity index (χ2n) is 3.11. The lowest BCUT2D eigenvalue weighted by atomic mass is 10.2. The van der Waals surface area contributed by atoms with Crippen LogP contribution in [0.25, 0.3) is 0 Å². The maximum atomic E-state index is 5.46. The minimum Gasteiger partial charge on any atom is -0.380 e. The Bertz CT molecular complexity index is 81.0. The highest BCUT2D eigenvalue weighted by Gasteiger charge is 1.89. The summed E-state index contributed by atoms with van der Waals surface area (Å²) in [7, 11) is 0. The van der Waals surface area contributed by atoms with Gasteiger partial charge in [0.25, 0.3) is 0 Å². The van der Waals surface area contributed by atoms with Crippen molar-refractivity contribution in [3.8, 4) is 0 Å². The van der Waals surface area contributed by atoms with Crippen molar-refractivity contribution < 1.29 is 4.74 Å². The Morgan fingerprint density at radius 3 is 2.54 bits per heavy atom. The Hall–Kier alpha value is 0.210. The summed E-state index contributed by atoms with van der Waals surface area (Å²) < 4.78 is 5.24. The molecule has 0 spiro atoms. The maximum absolute atomic E-state index is 5.46. The van der Waals surface area contributed by atoms with Gasteiger partial charge in [-0.15, -0.1) is 11.6 Å². The van der Waals surface area contributed by atoms with Crippen LogP contribution in [-0.2, 0) is 4.74 Å². The molecule has 0 aromatic rings. The lowest BCUT2D eigenvalue weighted by Gasteiger charge is -2.04. The molecule has 0 fully saturated rings. The van der Waals surface area contributed by atoms with Crippen molar-refractivity contribution in [1.29, 1.82) is 0 Å². The number of hydrogen-bond donors (Lipinski definition) is 1. The predicted octanol–water partition coefficient (Wildman–Crippen LogP) is 2.41. The standard InChI is InChI=1S/C10H22ClNO/c1-2-3-4-7-12-8-5-9-13-10-6-11/h12H,2-10H2,1H3. The van der Waals surface area contributed by atoms with Gasteiger partial charge in [0.1, 0.15) is 0 Å². The van der Waals surface area contributed by atoms with Crippen molar-refractivity contribution in [3.05, 3.63) is 0 Å². The fraction of sp³-hybridized carbons (Fsp3) is 1.00. The summed E-state index contributed by atoms with van der Waals surface area (Å²) in [6, 6.07) is 0. The quantitative estimate of drug-likeness (QED) is 0.439. The lowest BCUT2D eigenvalue weighted by Crippen LogP contribution is -2.18. The first kappa shape index (κ1) is 13.2. The molecular formula is C10H22ClNO. The molecule has 0 unspecified atom stereocenters. The summed E-state index contributed by atoms with van der Waals surface area (Å²) in [6.07, 6.45) is 5.00. The van der Waals surface area contributed by atoms with Crippen LogP contribution in [0.2, 0.25) is 0 Å². The van der Waals surface area contributed by atoms with Crippen LogP contribution in [-0.4, -0.2) is 32.2 Å². The van der Waals surface area contributed by atoms with Gasteiger partial charge in [-0.05, 0) is 25.9 Å². The monoisotopic (exact) mass is 207 g/mol. The van der Waals surface area contributed by atoms with Gasteiger partial charge >= 0.3 is 0 Å². The van der Waals surface area contributed by atoms with Crippen molar-refractivity contribution in [2.45, 2.75) is 32.6 Å². The van der Waals surface area contributed by atoms with Gasteiger partial charge in [0, 0.05) is 12.5 Å². The summed E-state index contributed by atoms with van der Waals surface area (Å²) in [6.45, 7) is 5.93. The second-order valence-corrected chi connectivity index (χ2v) is 3.49. The minimum absolute atomic E-state index is 0.601. The molecule has 2 nitrogen and oxygen atoms in total. The van der Waals surface area contributed by atoms with Gasteiger partial charge in [-0.25, -0.2) is 0 Å². The zero-order valence-corrected chi connectivity index (χ0v) is 9.41. The zero-order chi connectivity index (χ0) is 9.78. The van der Waals surface area contributed by atoms with Crippen LogP contribution in [0.5, 0.6) is 0 Å². The minimum atomic E-state index is 0.601. The highest BCUT2D eigenvalue weighted by atomic mass is 35.5. The average Bonchev–Trinajstić information content (AvgIpc) is 2.16. The van der Waals surface area contributed by atoms with Crippen molar-refractivity contribution >= 4 is 11.6 Å². The molecule has 0 radical (unpaired) electrons. The van der Waals surface area contributed by atoms with E-state index in [-0.39, 0.29) is 0 Å². The number of alkyl halides is 1. The van der Waals surface area contributed by atoms with Crippen LogP contribution in [0.3, 0.4) is 0 Å². The van der Waals surface area contributed by atoms with Gasteiger partial charge in [-0.3, -0.25) is 0 Å². The molecule has 80 valence electrons. The Balaban J connectivity index is 2.76. The SMILES string of the molecule is CCCCCNCCCOCCCl. The molecule has 0 rings (SSSR count). The molecule has 0 heterocycles. The van der Waals surface area contributed by atoms with Gasteiger partial charge in [0.2, 0.25) is 0 Å². The van der Waals surface area contributed by atoms with Crippen molar-refractivity contribution in [2.75, 3.05) is 32.2 Å². The van der Waals surface area contributed by atoms with E-state index in [1.54, 1.807) is 0 Å². The van der Waals surface area contributed by atoms with Crippen LogP contribution < -0.4 is 5.32 Å². The summed E-state index contributed by atoms with van der Waals surface area (Å²) in [5.74, 6) is 0.601. The summed E-state index contributed by atoms with van der Waals surface area (Å²) in [5.41, 5.74) is 0. The van der Waals surface area contributed by atoms with Crippen LogP contribution in [0, 0.1) is 0 Å². The third-order valence-electron chi connectivity index (χ3n) is 1.82. The van der Waals surface area contributed by atoms with E-state index in [2.05, 4.69) is 12.2 Å². The largest absolute Gasteiger partial charge is 0.380 e. The molecule has 0 atom stereocenters. The van der Waals surface area contributed by atoms with E-state index in [1.807, 2.05) is 0 Å². The Morgan fingerprint density at radius 2 is 1.85 bits per heavy atom. The number of hydrogen-bond acceptors (Lipinski definition) is 2. The van der Waals surface area contributed by atoms with Crippen molar-refractivity contribution in [2.24, 2.45) is 0 Å². The van der Waals surface area contributed by atoms with E-state index in [0.717, 1.165) is 26.1 Å². The van der Waals surface area contributed by atoms with Gasteiger partial charge in [0.05, 0.1) is 6.61 Å². The smallest absolute Gasteiger partial charge is 0.0601 e. The topological polar surface area (TPSA) is 21.3 Å². The van der Waals surface area contributed by atoms with Gasteiger partial charge in [-0.2, -0.15) is 0 Å². The van der Waals surface area contributed by atoms with E-state index in [4.69, 9.17) is 16.3 Å². The number of halogens is 1. The summed E-state index contributed by atoms with van der Waals surface area (Å²) >= 11 is 5.46. The molecule has 0 aromatic carbocycles. The number of ether oxygens (including phenoxy) is 1. The lowest BCUT2D eigenvalue weighted by molar-refractivity contribution is 0.146. The number of rotatable bonds is 10. The first-order valence-corrected chi connectivity index (χ1v) is 5.79. The predicted molar refractivity (Wildman–Crippen MR) is 58.6 cm³/mol. The Labute approximate surface area is 87.0 Å². The Kier molecular flexibility index (Phi) is 12.4. The molecule has 0 saturated carbocycles. The third kappa shape index (κ3) is 12.2. The van der Waals surface area contributed by atoms with Crippen LogP contribution >= 0.6 is 11.6 Å². The van der Waals surface area contributed by atoms with E-state index in [1.165, 1.54) is 19.3 Å². The molecule has 0 aliphatic carbocycles. The van der Waals surface area contributed by atoms with E-state index >= 15 is 0 Å². The fourth-order valence-electron chi connectivity index (χ4n) is 1.08. The van der Waals surface area contributed by atoms with Gasteiger partial charge < -0.3 is 10.1 Å². The zero-order valence-electron chi connectivity index (χ0n) is 8.65.